The van der Waals surface area contributed by atoms with Gasteiger partial charge in [-0.1, -0.05) is 32.5 Å². The highest BCUT2D eigenvalue weighted by molar-refractivity contribution is 6.78. The molecule has 102 valence electrons. The lowest BCUT2D eigenvalue weighted by atomic mass is 10.6. The van der Waals surface area contributed by atoms with Crippen LogP contribution < -0.4 is 11.2 Å². The third-order valence-corrected chi connectivity index (χ3v) is 7.51. The molecular weight excluding hydrogens is 248 g/mol. The number of ether oxygens (including phenoxy) is 1. The van der Waals surface area contributed by atoms with Gasteiger partial charge in [-0.25, -0.2) is 4.79 Å². The quantitative estimate of drug-likeness (QED) is 0.798. The minimum absolute atomic E-state index is 0.177. The van der Waals surface area contributed by atoms with Crippen LogP contribution in [-0.4, -0.2) is 23.4 Å². The van der Waals surface area contributed by atoms with Crippen molar-refractivity contribution < 1.29 is 4.74 Å². The summed E-state index contributed by atoms with van der Waals surface area (Å²) in [7, 11) is -1.40. The SMILES string of the molecule is CCC[Si](C)(C)C(C)OCn1ccc(=O)[nH]c1=O. The summed E-state index contributed by atoms with van der Waals surface area (Å²) in [5, 5.41) is 0. The maximum atomic E-state index is 11.5. The fourth-order valence-electron chi connectivity index (χ4n) is 1.81. The zero-order valence-electron chi connectivity index (χ0n) is 11.5. The smallest absolute Gasteiger partial charge is 0.330 e. The van der Waals surface area contributed by atoms with E-state index in [0.717, 1.165) is 6.42 Å². The summed E-state index contributed by atoms with van der Waals surface area (Å²) in [5.74, 6) is 0. The molecule has 1 rings (SSSR count). The predicted molar refractivity (Wildman–Crippen MR) is 74.4 cm³/mol. The molecule has 0 aliphatic carbocycles. The van der Waals surface area contributed by atoms with Crippen molar-refractivity contribution in [3.63, 3.8) is 0 Å². The molecule has 0 amide bonds. The minimum atomic E-state index is -1.40. The van der Waals surface area contributed by atoms with Crippen LogP contribution >= 0.6 is 0 Å². The van der Waals surface area contributed by atoms with Crippen molar-refractivity contribution in [1.29, 1.82) is 0 Å². The van der Waals surface area contributed by atoms with Crippen LogP contribution in [0.3, 0.4) is 0 Å². The van der Waals surface area contributed by atoms with Crippen molar-refractivity contribution in [2.24, 2.45) is 0 Å². The highest BCUT2D eigenvalue weighted by atomic mass is 28.3. The Labute approximate surface area is 108 Å². The molecule has 1 unspecified atom stereocenters. The number of nitrogens with zero attached hydrogens (tertiary/aromatic N) is 1. The minimum Gasteiger partial charge on any atom is -0.361 e. The van der Waals surface area contributed by atoms with Gasteiger partial charge in [-0.2, -0.15) is 0 Å². The number of H-pyrrole nitrogens is 1. The van der Waals surface area contributed by atoms with Crippen molar-refractivity contribution in [3.8, 4) is 0 Å². The van der Waals surface area contributed by atoms with E-state index >= 15 is 0 Å². The van der Waals surface area contributed by atoms with E-state index in [0.29, 0.717) is 0 Å². The van der Waals surface area contributed by atoms with Crippen molar-refractivity contribution >= 4 is 8.07 Å². The van der Waals surface area contributed by atoms with Crippen LogP contribution in [0.5, 0.6) is 0 Å². The van der Waals surface area contributed by atoms with Crippen molar-refractivity contribution in [1.82, 2.24) is 9.55 Å². The van der Waals surface area contributed by atoms with Crippen LogP contribution in [0.2, 0.25) is 19.1 Å². The van der Waals surface area contributed by atoms with Crippen LogP contribution in [0, 0.1) is 0 Å². The average molecular weight is 270 g/mol. The van der Waals surface area contributed by atoms with Crippen LogP contribution in [0.4, 0.5) is 0 Å². The molecule has 0 fully saturated rings. The van der Waals surface area contributed by atoms with E-state index < -0.39 is 13.8 Å². The fraction of sp³-hybridized carbons (Fsp3) is 0.667. The number of aromatic amines is 1. The van der Waals surface area contributed by atoms with E-state index in [1.807, 2.05) is 0 Å². The number of hydrogen-bond acceptors (Lipinski definition) is 3. The molecule has 5 nitrogen and oxygen atoms in total. The molecule has 0 saturated heterocycles. The van der Waals surface area contributed by atoms with Crippen LogP contribution in [0.25, 0.3) is 0 Å². The van der Waals surface area contributed by atoms with Gasteiger partial charge in [0.2, 0.25) is 0 Å². The van der Waals surface area contributed by atoms with Gasteiger partial charge >= 0.3 is 5.69 Å². The molecule has 0 radical (unpaired) electrons. The zero-order chi connectivity index (χ0) is 13.8. The molecule has 0 aliphatic rings. The predicted octanol–water partition coefficient (Wildman–Crippen LogP) is 1.56. The molecule has 1 heterocycles. The normalized spacial score (nSPS) is 13.6. The van der Waals surface area contributed by atoms with Crippen molar-refractivity contribution in [2.75, 3.05) is 0 Å². The molecule has 6 heteroatoms. The Hall–Kier alpha value is -1.14. The first-order valence-corrected chi connectivity index (χ1v) is 9.56. The van der Waals surface area contributed by atoms with Crippen LogP contribution in [0.15, 0.2) is 21.9 Å². The Balaban J connectivity index is 2.65. The van der Waals surface area contributed by atoms with Gasteiger partial charge in [0, 0.05) is 18.0 Å². The lowest BCUT2D eigenvalue weighted by Crippen LogP contribution is -2.42. The number of nitrogens with one attached hydrogen (secondary N) is 1. The molecule has 18 heavy (non-hydrogen) atoms. The maximum Gasteiger partial charge on any atom is 0.330 e. The summed E-state index contributed by atoms with van der Waals surface area (Å²) in [5.41, 5.74) is -0.633. The first kappa shape index (κ1) is 14.9. The van der Waals surface area contributed by atoms with E-state index in [4.69, 9.17) is 4.74 Å². The maximum absolute atomic E-state index is 11.5. The Kier molecular flexibility index (Phi) is 5.10. The highest BCUT2D eigenvalue weighted by Gasteiger charge is 2.28. The summed E-state index contributed by atoms with van der Waals surface area (Å²) in [6.45, 7) is 9.01. The molecule has 1 aromatic heterocycles. The summed E-state index contributed by atoms with van der Waals surface area (Å²) >= 11 is 0. The molecule has 1 N–H and O–H groups in total. The van der Waals surface area contributed by atoms with Gasteiger partial charge < -0.3 is 4.74 Å². The van der Waals surface area contributed by atoms with Gasteiger partial charge in [0.15, 0.2) is 0 Å². The largest absolute Gasteiger partial charge is 0.361 e. The monoisotopic (exact) mass is 270 g/mol. The second-order valence-electron chi connectivity index (χ2n) is 5.26. The summed E-state index contributed by atoms with van der Waals surface area (Å²) in [6, 6.07) is 2.53. The summed E-state index contributed by atoms with van der Waals surface area (Å²) in [4.78, 5) is 24.6. The Morgan fingerprint density at radius 2 is 2.11 bits per heavy atom. The van der Waals surface area contributed by atoms with Crippen LogP contribution in [-0.2, 0) is 11.5 Å². The van der Waals surface area contributed by atoms with Gasteiger partial charge in [0.05, 0.1) is 8.07 Å². The van der Waals surface area contributed by atoms with Gasteiger partial charge in [-0.15, -0.1) is 0 Å². The lowest BCUT2D eigenvalue weighted by molar-refractivity contribution is 0.0530. The van der Waals surface area contributed by atoms with Crippen molar-refractivity contribution in [2.45, 2.75) is 51.9 Å². The third kappa shape index (κ3) is 3.96. The van der Waals surface area contributed by atoms with Crippen molar-refractivity contribution in [3.05, 3.63) is 33.1 Å². The molecule has 0 spiro atoms. The van der Waals surface area contributed by atoms with Gasteiger partial charge in [0.25, 0.3) is 5.56 Å². The summed E-state index contributed by atoms with van der Waals surface area (Å²) < 4.78 is 7.14. The van der Waals surface area contributed by atoms with Gasteiger partial charge in [-0.3, -0.25) is 14.3 Å². The average Bonchev–Trinajstić information content (AvgIpc) is 2.27. The van der Waals surface area contributed by atoms with E-state index in [1.54, 1.807) is 0 Å². The Morgan fingerprint density at radius 1 is 1.44 bits per heavy atom. The standard InChI is InChI=1S/C12H22N2O3Si/c1-5-8-18(3,4)10(2)17-9-14-7-6-11(15)13-12(14)16/h6-7,10H,5,8-9H2,1-4H3,(H,13,15,16). The lowest BCUT2D eigenvalue weighted by Gasteiger charge is -2.29. The fourth-order valence-corrected chi connectivity index (χ4v) is 4.03. The molecule has 0 saturated carbocycles. The van der Waals surface area contributed by atoms with E-state index in [1.165, 1.54) is 22.9 Å². The second kappa shape index (κ2) is 6.15. The highest BCUT2D eigenvalue weighted by Crippen LogP contribution is 2.18. The Morgan fingerprint density at radius 3 is 2.67 bits per heavy atom. The molecule has 0 aromatic carbocycles. The van der Waals surface area contributed by atoms with Gasteiger partial charge in [-0.05, 0) is 6.92 Å². The van der Waals surface area contributed by atoms with Crippen LogP contribution in [0.1, 0.15) is 20.3 Å². The van der Waals surface area contributed by atoms with E-state index in [-0.39, 0.29) is 18.0 Å². The number of hydrogen-bond donors (Lipinski definition) is 1. The summed E-state index contributed by atoms with van der Waals surface area (Å²) in [6.07, 6.45) is 2.62. The molecule has 0 bridgehead atoms. The third-order valence-electron chi connectivity index (χ3n) is 3.36. The van der Waals surface area contributed by atoms with Gasteiger partial charge in [0.1, 0.15) is 6.73 Å². The van der Waals surface area contributed by atoms with E-state index in [9.17, 15) is 9.59 Å². The topological polar surface area (TPSA) is 64.1 Å². The molecule has 1 aromatic rings. The zero-order valence-corrected chi connectivity index (χ0v) is 12.5. The Bertz CT molecular complexity index is 493. The number of rotatable bonds is 6. The molecular formula is C12H22N2O3Si. The first-order valence-electron chi connectivity index (χ1n) is 6.28. The first-order chi connectivity index (χ1) is 8.36. The second-order valence-corrected chi connectivity index (χ2v) is 10.5. The number of aromatic nitrogens is 2. The van der Waals surface area contributed by atoms with E-state index in [2.05, 4.69) is 31.9 Å². The molecule has 1 atom stereocenters. The molecule has 0 aliphatic heterocycles.